The van der Waals surface area contributed by atoms with Crippen LogP contribution < -0.4 is 21.4 Å². The van der Waals surface area contributed by atoms with Crippen molar-refractivity contribution in [2.24, 2.45) is 10.1 Å². The second-order valence-corrected chi connectivity index (χ2v) is 6.18. The van der Waals surface area contributed by atoms with Crippen molar-refractivity contribution in [3.63, 3.8) is 0 Å². The maximum absolute atomic E-state index is 12.3. The minimum absolute atomic E-state index is 0.135. The summed E-state index contributed by atoms with van der Waals surface area (Å²) in [5.74, 6) is -0.858. The second kappa shape index (κ2) is 9.27. The molecule has 2 aromatic carbocycles. The van der Waals surface area contributed by atoms with Crippen molar-refractivity contribution in [2.45, 2.75) is 12.5 Å². The van der Waals surface area contributed by atoms with Gasteiger partial charge in [-0.3, -0.25) is 19.7 Å². The normalized spacial score (nSPS) is 15.6. The van der Waals surface area contributed by atoms with Crippen molar-refractivity contribution in [1.29, 1.82) is 0 Å². The fourth-order valence-corrected chi connectivity index (χ4v) is 2.62. The molecule has 2 aromatic rings. The highest BCUT2D eigenvalue weighted by atomic mass is 16.2. The van der Waals surface area contributed by atoms with E-state index in [9.17, 15) is 14.4 Å². The summed E-state index contributed by atoms with van der Waals surface area (Å²) in [7, 11) is 1.53. The summed E-state index contributed by atoms with van der Waals surface area (Å²) >= 11 is 0. The van der Waals surface area contributed by atoms with Crippen molar-refractivity contribution in [2.75, 3.05) is 12.4 Å². The summed E-state index contributed by atoms with van der Waals surface area (Å²) in [4.78, 5) is 40.1. The molecule has 29 heavy (non-hydrogen) atoms. The molecule has 0 unspecified atom stereocenters. The number of hydrazone groups is 1. The van der Waals surface area contributed by atoms with E-state index in [0.717, 1.165) is 5.56 Å². The van der Waals surface area contributed by atoms with Gasteiger partial charge in [-0.15, -0.1) is 0 Å². The van der Waals surface area contributed by atoms with Crippen LogP contribution in [0.1, 0.15) is 22.3 Å². The first-order valence-corrected chi connectivity index (χ1v) is 8.90. The molecule has 0 spiro atoms. The molecule has 3 rings (SSSR count). The smallest absolute Gasteiger partial charge is 0.252 e. The third-order valence-corrected chi connectivity index (χ3v) is 4.03. The number of hydrogen-bond donors (Lipinski definition) is 4. The molecular formula is C20H20N6O3. The molecule has 9 nitrogen and oxygen atoms in total. The summed E-state index contributed by atoms with van der Waals surface area (Å²) in [5, 5.41) is 11.7. The van der Waals surface area contributed by atoms with Gasteiger partial charge < -0.3 is 10.6 Å². The molecule has 1 aliphatic rings. The fraction of sp³-hybridized carbons (Fsp3) is 0.150. The van der Waals surface area contributed by atoms with E-state index >= 15 is 0 Å². The van der Waals surface area contributed by atoms with Gasteiger partial charge in [0.25, 0.3) is 11.8 Å². The zero-order valence-corrected chi connectivity index (χ0v) is 15.7. The standard InChI is InChI=1S/C20H20N6O3/c1-21-18(28)14-8-5-9-15(10-14)23-17(27)11-16-19(29)25-20(24-16)26-22-12-13-6-3-2-4-7-13/h2-10,12,16H,11H2,1H3,(H,21,28)(H,23,27)(H2,24,25,26,29)/b22-12-/t16-/m0/s1. The maximum atomic E-state index is 12.3. The Balaban J connectivity index is 1.55. The molecule has 1 aliphatic heterocycles. The van der Waals surface area contributed by atoms with Crippen LogP contribution in [-0.2, 0) is 9.59 Å². The number of nitrogens with zero attached hydrogens (tertiary/aromatic N) is 2. The highest BCUT2D eigenvalue weighted by molar-refractivity contribution is 6.07. The minimum Gasteiger partial charge on any atom is -0.355 e. The summed E-state index contributed by atoms with van der Waals surface area (Å²) in [5.41, 5.74) is 4.42. The molecule has 3 amide bonds. The van der Waals surface area contributed by atoms with Crippen LogP contribution in [0.5, 0.6) is 0 Å². The predicted octanol–water partition coefficient (Wildman–Crippen LogP) is 0.853. The Labute approximate surface area is 167 Å². The Bertz CT molecular complexity index is 971. The Morgan fingerprint density at radius 1 is 1.17 bits per heavy atom. The van der Waals surface area contributed by atoms with Crippen molar-refractivity contribution in [1.82, 2.24) is 16.1 Å². The molecule has 4 N–H and O–H groups in total. The number of anilines is 1. The number of rotatable bonds is 6. The Morgan fingerprint density at radius 2 is 1.97 bits per heavy atom. The van der Waals surface area contributed by atoms with Gasteiger partial charge in [-0.1, -0.05) is 36.4 Å². The van der Waals surface area contributed by atoms with E-state index in [0.29, 0.717) is 11.3 Å². The van der Waals surface area contributed by atoms with E-state index in [1.165, 1.54) is 7.05 Å². The summed E-state index contributed by atoms with van der Waals surface area (Å²) in [6.45, 7) is 0. The first kappa shape index (κ1) is 19.7. The molecule has 0 fully saturated rings. The minimum atomic E-state index is -0.855. The van der Waals surface area contributed by atoms with E-state index in [-0.39, 0.29) is 18.3 Å². The molecule has 0 saturated heterocycles. The summed E-state index contributed by atoms with van der Waals surface area (Å²) < 4.78 is 0. The third kappa shape index (κ3) is 5.48. The summed E-state index contributed by atoms with van der Waals surface area (Å²) in [6, 6.07) is 15.1. The van der Waals surface area contributed by atoms with Crippen LogP contribution in [-0.4, -0.2) is 43.0 Å². The lowest BCUT2D eigenvalue weighted by Crippen LogP contribution is -2.35. The van der Waals surface area contributed by atoms with E-state index in [4.69, 9.17) is 0 Å². The van der Waals surface area contributed by atoms with Gasteiger partial charge in [-0.05, 0) is 23.8 Å². The van der Waals surface area contributed by atoms with Crippen molar-refractivity contribution in [3.05, 3.63) is 65.7 Å². The SMILES string of the molecule is CNC(=O)c1cccc(NC(=O)C[C@@H]2N=C(N/N=C\c3ccccc3)NC2=O)c1. The van der Waals surface area contributed by atoms with Gasteiger partial charge >= 0.3 is 0 Å². The third-order valence-electron chi connectivity index (χ3n) is 4.03. The number of hydrogen-bond acceptors (Lipinski definition) is 6. The van der Waals surface area contributed by atoms with Gasteiger partial charge in [0.15, 0.2) is 0 Å². The van der Waals surface area contributed by atoms with Gasteiger partial charge in [-0.25, -0.2) is 10.4 Å². The van der Waals surface area contributed by atoms with Crippen LogP contribution in [0, 0.1) is 0 Å². The fourth-order valence-electron chi connectivity index (χ4n) is 2.62. The Hall–Kier alpha value is -4.01. The van der Waals surface area contributed by atoms with Gasteiger partial charge in [0.2, 0.25) is 11.9 Å². The average Bonchev–Trinajstić information content (AvgIpc) is 3.07. The van der Waals surface area contributed by atoms with Crippen LogP contribution >= 0.6 is 0 Å². The zero-order valence-electron chi connectivity index (χ0n) is 15.7. The number of aliphatic imine (C=N–C) groups is 1. The molecule has 0 saturated carbocycles. The predicted molar refractivity (Wildman–Crippen MR) is 110 cm³/mol. The molecule has 0 radical (unpaired) electrons. The van der Waals surface area contributed by atoms with E-state index in [1.54, 1.807) is 30.5 Å². The molecule has 0 bridgehead atoms. The van der Waals surface area contributed by atoms with Crippen LogP contribution in [0.25, 0.3) is 0 Å². The molecule has 9 heteroatoms. The van der Waals surface area contributed by atoms with E-state index in [1.807, 2.05) is 30.3 Å². The summed E-state index contributed by atoms with van der Waals surface area (Å²) in [6.07, 6.45) is 1.46. The van der Waals surface area contributed by atoms with E-state index in [2.05, 4.69) is 31.5 Å². The van der Waals surface area contributed by atoms with Crippen molar-refractivity contribution >= 4 is 35.6 Å². The first-order valence-electron chi connectivity index (χ1n) is 8.90. The number of nitrogens with one attached hydrogen (secondary N) is 4. The number of benzene rings is 2. The van der Waals surface area contributed by atoms with E-state index < -0.39 is 17.9 Å². The van der Waals surface area contributed by atoms with Gasteiger partial charge in [-0.2, -0.15) is 5.10 Å². The first-order chi connectivity index (χ1) is 14.0. The lowest BCUT2D eigenvalue weighted by Gasteiger charge is -2.08. The van der Waals surface area contributed by atoms with Gasteiger partial charge in [0.05, 0.1) is 12.6 Å². The molecular weight excluding hydrogens is 372 g/mol. The number of carbonyl (C=O) groups is 3. The molecule has 1 heterocycles. The lowest BCUT2D eigenvalue weighted by molar-refractivity contribution is -0.123. The zero-order chi connectivity index (χ0) is 20.6. The average molecular weight is 392 g/mol. The molecule has 0 aliphatic carbocycles. The number of guanidine groups is 1. The number of carbonyl (C=O) groups excluding carboxylic acids is 3. The van der Waals surface area contributed by atoms with Crippen LogP contribution in [0.15, 0.2) is 64.7 Å². The quantitative estimate of drug-likeness (QED) is 0.430. The Kier molecular flexibility index (Phi) is 6.31. The second-order valence-electron chi connectivity index (χ2n) is 6.18. The maximum Gasteiger partial charge on any atom is 0.252 e. The molecule has 148 valence electrons. The monoisotopic (exact) mass is 392 g/mol. The van der Waals surface area contributed by atoms with Crippen molar-refractivity contribution in [3.8, 4) is 0 Å². The lowest BCUT2D eigenvalue weighted by atomic mass is 10.1. The van der Waals surface area contributed by atoms with Crippen LogP contribution in [0.2, 0.25) is 0 Å². The molecule has 0 aromatic heterocycles. The van der Waals surface area contributed by atoms with Crippen molar-refractivity contribution < 1.29 is 14.4 Å². The van der Waals surface area contributed by atoms with Gasteiger partial charge in [0.1, 0.15) is 6.04 Å². The van der Waals surface area contributed by atoms with Crippen LogP contribution in [0.4, 0.5) is 5.69 Å². The molecule has 1 atom stereocenters. The number of amides is 3. The van der Waals surface area contributed by atoms with Gasteiger partial charge in [0, 0.05) is 18.3 Å². The Morgan fingerprint density at radius 3 is 2.72 bits per heavy atom. The van der Waals surface area contributed by atoms with Crippen LogP contribution in [0.3, 0.4) is 0 Å². The highest BCUT2D eigenvalue weighted by Gasteiger charge is 2.28. The highest BCUT2D eigenvalue weighted by Crippen LogP contribution is 2.13. The topological polar surface area (TPSA) is 124 Å². The largest absolute Gasteiger partial charge is 0.355 e.